The Morgan fingerprint density at radius 2 is 1.27 bits per heavy atom. The first-order valence-electron chi connectivity index (χ1n) is 6.96. The summed E-state index contributed by atoms with van der Waals surface area (Å²) in [5.41, 5.74) is 9.74. The lowest BCUT2D eigenvalue weighted by Gasteiger charge is -2.12. The number of hydrogen-bond donors (Lipinski definition) is 1. The molecule has 0 fully saturated rings. The summed E-state index contributed by atoms with van der Waals surface area (Å²) in [7, 11) is 0. The number of nitrogens with zero attached hydrogens (tertiary/aromatic N) is 2. The molecule has 4 heteroatoms. The number of aromatic nitrogens is 2. The smallest absolute Gasteiger partial charge is 0.164 e. The molecule has 1 heterocycles. The maximum absolute atomic E-state index is 12.1. The first-order chi connectivity index (χ1) is 10.7. The highest BCUT2D eigenvalue weighted by molar-refractivity contribution is 6.06. The van der Waals surface area contributed by atoms with Crippen molar-refractivity contribution in [3.05, 3.63) is 66.2 Å². The van der Waals surface area contributed by atoms with Crippen LogP contribution in [0.2, 0.25) is 0 Å². The molecular formula is C18H15N3O. The predicted octanol–water partition coefficient (Wildman–Crippen LogP) is 3.60. The minimum atomic E-state index is -0.122. The molecule has 0 radical (unpaired) electrons. The van der Waals surface area contributed by atoms with E-state index in [4.69, 9.17) is 5.73 Å². The van der Waals surface area contributed by atoms with Crippen LogP contribution in [0.4, 0.5) is 5.69 Å². The van der Waals surface area contributed by atoms with E-state index in [-0.39, 0.29) is 5.78 Å². The lowest BCUT2D eigenvalue weighted by Crippen LogP contribution is -2.08. The number of Topliss-reactive ketones (excluding diaryl/α,β-unsaturated/α-hetero) is 1. The van der Waals surface area contributed by atoms with E-state index < -0.39 is 0 Å². The van der Waals surface area contributed by atoms with Crippen LogP contribution in [0.3, 0.4) is 0 Å². The van der Waals surface area contributed by atoms with Gasteiger partial charge in [0.1, 0.15) is 11.4 Å². The highest BCUT2D eigenvalue weighted by Gasteiger charge is 2.19. The van der Waals surface area contributed by atoms with Crippen molar-refractivity contribution in [2.24, 2.45) is 0 Å². The molecule has 0 spiro atoms. The predicted molar refractivity (Wildman–Crippen MR) is 87.3 cm³/mol. The average molecular weight is 289 g/mol. The quantitative estimate of drug-likeness (QED) is 0.748. The van der Waals surface area contributed by atoms with Crippen molar-refractivity contribution in [1.29, 1.82) is 0 Å². The zero-order chi connectivity index (χ0) is 15.5. The van der Waals surface area contributed by atoms with Crippen LogP contribution in [0.5, 0.6) is 0 Å². The second kappa shape index (κ2) is 5.77. The molecule has 108 valence electrons. The molecular weight excluding hydrogens is 274 g/mol. The SMILES string of the molecule is CC(=O)c1c(-c2ccccc2)nnc(-c2ccccc2)c1N. The third-order valence-electron chi connectivity index (χ3n) is 3.46. The van der Waals surface area contributed by atoms with Gasteiger partial charge in [-0.1, -0.05) is 60.7 Å². The van der Waals surface area contributed by atoms with Gasteiger partial charge in [0.25, 0.3) is 0 Å². The van der Waals surface area contributed by atoms with Crippen LogP contribution < -0.4 is 5.73 Å². The van der Waals surface area contributed by atoms with Crippen molar-refractivity contribution >= 4 is 11.5 Å². The van der Waals surface area contributed by atoms with E-state index in [9.17, 15) is 4.79 Å². The lowest BCUT2D eigenvalue weighted by molar-refractivity contribution is 0.101. The molecule has 0 unspecified atom stereocenters. The van der Waals surface area contributed by atoms with Gasteiger partial charge in [0, 0.05) is 11.1 Å². The fourth-order valence-corrected chi connectivity index (χ4v) is 2.41. The van der Waals surface area contributed by atoms with E-state index in [0.29, 0.717) is 22.6 Å². The number of nitrogens with two attached hydrogens (primary N) is 1. The van der Waals surface area contributed by atoms with Gasteiger partial charge in [0.15, 0.2) is 5.78 Å². The lowest BCUT2D eigenvalue weighted by atomic mass is 9.99. The van der Waals surface area contributed by atoms with Crippen molar-refractivity contribution in [3.8, 4) is 22.5 Å². The van der Waals surface area contributed by atoms with Crippen molar-refractivity contribution in [2.45, 2.75) is 6.92 Å². The number of ketones is 1. The second-order valence-electron chi connectivity index (χ2n) is 4.97. The van der Waals surface area contributed by atoms with Gasteiger partial charge in [-0.25, -0.2) is 0 Å². The molecule has 0 aliphatic rings. The number of nitrogen functional groups attached to an aromatic ring is 1. The number of anilines is 1. The molecule has 1 aromatic heterocycles. The van der Waals surface area contributed by atoms with Crippen LogP contribution in [0.25, 0.3) is 22.5 Å². The van der Waals surface area contributed by atoms with E-state index in [0.717, 1.165) is 11.1 Å². The summed E-state index contributed by atoms with van der Waals surface area (Å²) in [4.78, 5) is 12.1. The normalized spacial score (nSPS) is 10.4. The van der Waals surface area contributed by atoms with E-state index in [2.05, 4.69) is 10.2 Å². The van der Waals surface area contributed by atoms with Gasteiger partial charge in [0.05, 0.1) is 11.3 Å². The number of carbonyl (C=O) groups excluding carboxylic acids is 1. The van der Waals surface area contributed by atoms with Gasteiger partial charge in [-0.05, 0) is 6.92 Å². The zero-order valence-corrected chi connectivity index (χ0v) is 12.2. The number of rotatable bonds is 3. The van der Waals surface area contributed by atoms with Crippen LogP contribution >= 0.6 is 0 Å². The van der Waals surface area contributed by atoms with E-state index in [1.54, 1.807) is 0 Å². The van der Waals surface area contributed by atoms with E-state index >= 15 is 0 Å². The summed E-state index contributed by atoms with van der Waals surface area (Å²) in [6.07, 6.45) is 0. The molecule has 0 amide bonds. The minimum absolute atomic E-state index is 0.122. The Labute approximate surface area is 128 Å². The average Bonchev–Trinajstić information content (AvgIpc) is 2.55. The highest BCUT2D eigenvalue weighted by atomic mass is 16.1. The topological polar surface area (TPSA) is 68.9 Å². The monoisotopic (exact) mass is 289 g/mol. The molecule has 0 saturated heterocycles. The van der Waals surface area contributed by atoms with Crippen molar-refractivity contribution in [1.82, 2.24) is 10.2 Å². The fourth-order valence-electron chi connectivity index (χ4n) is 2.41. The minimum Gasteiger partial charge on any atom is -0.396 e. The molecule has 4 nitrogen and oxygen atoms in total. The number of hydrogen-bond acceptors (Lipinski definition) is 4. The summed E-state index contributed by atoms with van der Waals surface area (Å²) >= 11 is 0. The van der Waals surface area contributed by atoms with Crippen molar-refractivity contribution in [3.63, 3.8) is 0 Å². The van der Waals surface area contributed by atoms with Crippen LogP contribution in [-0.2, 0) is 0 Å². The van der Waals surface area contributed by atoms with Gasteiger partial charge >= 0.3 is 0 Å². The molecule has 0 bridgehead atoms. The maximum atomic E-state index is 12.1. The Bertz CT molecular complexity index is 814. The zero-order valence-electron chi connectivity index (χ0n) is 12.2. The molecule has 3 aromatic rings. The van der Waals surface area contributed by atoms with E-state index in [1.807, 2.05) is 60.7 Å². The molecule has 2 aromatic carbocycles. The molecule has 0 aliphatic carbocycles. The second-order valence-corrected chi connectivity index (χ2v) is 4.97. The summed E-state index contributed by atoms with van der Waals surface area (Å²) in [6, 6.07) is 19.0. The highest BCUT2D eigenvalue weighted by Crippen LogP contribution is 2.32. The Morgan fingerprint density at radius 3 is 1.77 bits per heavy atom. The van der Waals surface area contributed by atoms with Crippen LogP contribution in [0, 0.1) is 0 Å². The largest absolute Gasteiger partial charge is 0.396 e. The molecule has 3 rings (SSSR count). The molecule has 22 heavy (non-hydrogen) atoms. The summed E-state index contributed by atoms with van der Waals surface area (Å²) in [6.45, 7) is 1.49. The van der Waals surface area contributed by atoms with Crippen LogP contribution in [0.1, 0.15) is 17.3 Å². The Hall–Kier alpha value is -3.01. The standard InChI is InChI=1S/C18H15N3O/c1-12(22)15-16(19)18(14-10-6-3-7-11-14)21-20-17(15)13-8-4-2-5-9-13/h2-11H,1H3,(H2,19,20). The van der Waals surface area contributed by atoms with Gasteiger partial charge in [0.2, 0.25) is 0 Å². The van der Waals surface area contributed by atoms with Gasteiger partial charge in [-0.15, -0.1) is 10.2 Å². The Morgan fingerprint density at radius 1 is 0.818 bits per heavy atom. The van der Waals surface area contributed by atoms with Gasteiger partial charge in [-0.3, -0.25) is 4.79 Å². The number of benzene rings is 2. The molecule has 0 saturated carbocycles. The van der Waals surface area contributed by atoms with Crippen LogP contribution in [0.15, 0.2) is 60.7 Å². The third-order valence-corrected chi connectivity index (χ3v) is 3.46. The fraction of sp³-hybridized carbons (Fsp3) is 0.0556. The van der Waals surface area contributed by atoms with Crippen LogP contribution in [-0.4, -0.2) is 16.0 Å². The van der Waals surface area contributed by atoms with Gasteiger partial charge in [-0.2, -0.15) is 0 Å². The summed E-state index contributed by atoms with van der Waals surface area (Å²) in [5, 5.41) is 8.50. The number of carbonyl (C=O) groups is 1. The maximum Gasteiger partial charge on any atom is 0.164 e. The third kappa shape index (κ3) is 2.46. The first-order valence-corrected chi connectivity index (χ1v) is 6.96. The summed E-state index contributed by atoms with van der Waals surface area (Å²) < 4.78 is 0. The first kappa shape index (κ1) is 13.9. The molecule has 0 atom stereocenters. The molecule has 0 aliphatic heterocycles. The molecule has 2 N–H and O–H groups in total. The Balaban J connectivity index is 2.24. The van der Waals surface area contributed by atoms with E-state index in [1.165, 1.54) is 6.92 Å². The van der Waals surface area contributed by atoms with Crippen molar-refractivity contribution < 1.29 is 4.79 Å². The van der Waals surface area contributed by atoms with Gasteiger partial charge < -0.3 is 5.73 Å². The van der Waals surface area contributed by atoms with Crippen molar-refractivity contribution in [2.75, 3.05) is 5.73 Å². The summed E-state index contributed by atoms with van der Waals surface area (Å²) in [5.74, 6) is -0.122. The Kier molecular flexibility index (Phi) is 3.66.